The third-order valence-electron chi connectivity index (χ3n) is 5.58. The first kappa shape index (κ1) is 22.1. The highest BCUT2D eigenvalue weighted by Gasteiger charge is 2.41. The molecule has 0 spiro atoms. The summed E-state index contributed by atoms with van der Waals surface area (Å²) in [4.78, 5) is 9.83. The lowest BCUT2D eigenvalue weighted by atomic mass is 10.1. The van der Waals surface area contributed by atoms with Crippen LogP contribution in [0.1, 0.15) is 18.1 Å². The summed E-state index contributed by atoms with van der Waals surface area (Å²) in [6.45, 7) is 8.32. The lowest BCUT2D eigenvalue weighted by Gasteiger charge is -2.36. The van der Waals surface area contributed by atoms with Gasteiger partial charge in [-0.2, -0.15) is 0 Å². The van der Waals surface area contributed by atoms with E-state index >= 15 is 0 Å². The Hall–Kier alpha value is -1.58. The molecule has 1 N–H and O–H groups in total. The van der Waals surface area contributed by atoms with Gasteiger partial charge in [-0.1, -0.05) is 30.3 Å². The maximum absolute atomic E-state index is 6.13. The fourth-order valence-corrected chi connectivity index (χ4v) is 4.19. The van der Waals surface area contributed by atoms with Crippen LogP contribution in [0.25, 0.3) is 0 Å². The van der Waals surface area contributed by atoms with Crippen LogP contribution in [0.5, 0.6) is 0 Å². The quantitative estimate of drug-likeness (QED) is 0.383. The van der Waals surface area contributed by atoms with Crippen LogP contribution in [0.15, 0.2) is 53.8 Å². The van der Waals surface area contributed by atoms with Gasteiger partial charge in [0.25, 0.3) is 0 Å². The van der Waals surface area contributed by atoms with Gasteiger partial charge in [-0.3, -0.25) is 4.90 Å². The number of hydrogen-bond donors (Lipinski definition) is 1. The van der Waals surface area contributed by atoms with E-state index < -0.39 is 0 Å². The van der Waals surface area contributed by atoms with Crippen molar-refractivity contribution in [2.24, 2.45) is 12.0 Å². The molecule has 2 atom stereocenters. The molecule has 6 nitrogen and oxygen atoms in total. The first-order valence-corrected chi connectivity index (χ1v) is 10.3. The highest BCUT2D eigenvalue weighted by molar-refractivity contribution is 14.0. The van der Waals surface area contributed by atoms with Crippen LogP contribution in [0.2, 0.25) is 0 Å². The molecule has 158 valence electrons. The number of halogens is 1. The van der Waals surface area contributed by atoms with Crippen molar-refractivity contribution < 1.29 is 4.74 Å². The molecule has 1 aromatic carbocycles. The average Bonchev–Trinajstić information content (AvgIpc) is 3.32. The molecule has 1 aromatic heterocycles. The van der Waals surface area contributed by atoms with E-state index in [4.69, 9.17) is 9.73 Å². The number of ether oxygens (including phenoxy) is 1. The predicted molar refractivity (Wildman–Crippen MR) is 128 cm³/mol. The second-order valence-electron chi connectivity index (χ2n) is 7.69. The first-order chi connectivity index (χ1) is 13.7. The summed E-state index contributed by atoms with van der Waals surface area (Å²) in [7, 11) is 2.04. The molecular weight excluding hydrogens is 477 g/mol. The Morgan fingerprint density at radius 1 is 1.17 bits per heavy atom. The zero-order valence-corrected chi connectivity index (χ0v) is 19.7. The van der Waals surface area contributed by atoms with Crippen molar-refractivity contribution in [1.29, 1.82) is 0 Å². The Kier molecular flexibility index (Phi) is 7.97. The number of morpholine rings is 1. The SMILES string of the molecule is CCNC(=NCc1ccn(C)c1)N1CC2OCCN(Cc3ccccc3)C2C1.I. The van der Waals surface area contributed by atoms with Crippen LogP contribution < -0.4 is 5.32 Å². The molecule has 0 saturated carbocycles. The van der Waals surface area contributed by atoms with Crippen molar-refractivity contribution >= 4 is 29.9 Å². The van der Waals surface area contributed by atoms with E-state index in [9.17, 15) is 0 Å². The molecule has 2 aromatic rings. The topological polar surface area (TPSA) is 45.0 Å². The molecule has 29 heavy (non-hydrogen) atoms. The lowest BCUT2D eigenvalue weighted by Crippen LogP contribution is -2.50. The average molecular weight is 509 g/mol. The minimum Gasteiger partial charge on any atom is -0.373 e. The van der Waals surface area contributed by atoms with E-state index in [1.54, 1.807) is 0 Å². The van der Waals surface area contributed by atoms with Gasteiger partial charge >= 0.3 is 0 Å². The number of aromatic nitrogens is 1. The van der Waals surface area contributed by atoms with Gasteiger partial charge < -0.3 is 19.5 Å². The van der Waals surface area contributed by atoms with Crippen molar-refractivity contribution in [3.63, 3.8) is 0 Å². The van der Waals surface area contributed by atoms with E-state index in [-0.39, 0.29) is 30.1 Å². The van der Waals surface area contributed by atoms with Gasteiger partial charge in [-0.15, -0.1) is 24.0 Å². The molecule has 2 saturated heterocycles. The van der Waals surface area contributed by atoms with E-state index in [0.29, 0.717) is 12.6 Å². The highest BCUT2D eigenvalue weighted by atomic mass is 127. The smallest absolute Gasteiger partial charge is 0.194 e. The van der Waals surface area contributed by atoms with Gasteiger partial charge in [0, 0.05) is 52.2 Å². The van der Waals surface area contributed by atoms with Gasteiger partial charge in [0.15, 0.2) is 5.96 Å². The Labute approximate surface area is 190 Å². The monoisotopic (exact) mass is 509 g/mol. The summed E-state index contributed by atoms with van der Waals surface area (Å²) in [5, 5.41) is 3.47. The number of benzene rings is 1. The summed E-state index contributed by atoms with van der Waals surface area (Å²) in [6, 6.07) is 13.3. The number of aliphatic imine (C=N–C) groups is 1. The van der Waals surface area contributed by atoms with Gasteiger partial charge in [-0.25, -0.2) is 4.99 Å². The third kappa shape index (κ3) is 5.52. The maximum Gasteiger partial charge on any atom is 0.194 e. The standard InChI is InChI=1S/C22H31N5O.HI/c1-3-23-22(24-13-19-9-10-25(2)14-19)27-16-20-21(17-27)28-12-11-26(20)15-18-7-5-4-6-8-18;/h4-10,14,20-21H,3,11-13,15-17H2,1-2H3,(H,23,24);1H. The minimum atomic E-state index is 0. The Morgan fingerprint density at radius 3 is 2.72 bits per heavy atom. The van der Waals surface area contributed by atoms with E-state index in [0.717, 1.165) is 45.3 Å². The summed E-state index contributed by atoms with van der Waals surface area (Å²) >= 11 is 0. The number of rotatable bonds is 5. The first-order valence-electron chi connectivity index (χ1n) is 10.3. The van der Waals surface area contributed by atoms with E-state index in [1.807, 2.05) is 7.05 Å². The molecule has 3 heterocycles. The zero-order chi connectivity index (χ0) is 19.3. The Balaban J connectivity index is 0.00000240. The molecule has 2 unspecified atom stereocenters. The molecule has 0 amide bonds. The number of nitrogens with zero attached hydrogens (tertiary/aromatic N) is 4. The van der Waals surface area contributed by atoms with Crippen LogP contribution in [0, 0.1) is 0 Å². The second-order valence-corrected chi connectivity index (χ2v) is 7.69. The van der Waals surface area contributed by atoms with Gasteiger partial charge in [0.05, 0.1) is 25.3 Å². The molecule has 2 fully saturated rings. The summed E-state index contributed by atoms with van der Waals surface area (Å²) in [5.41, 5.74) is 2.60. The Morgan fingerprint density at radius 2 is 2.00 bits per heavy atom. The summed E-state index contributed by atoms with van der Waals surface area (Å²) in [5.74, 6) is 0.990. The fourth-order valence-electron chi connectivity index (χ4n) is 4.19. The third-order valence-corrected chi connectivity index (χ3v) is 5.58. The highest BCUT2D eigenvalue weighted by Crippen LogP contribution is 2.24. The molecule has 2 aliphatic rings. The summed E-state index contributed by atoms with van der Waals surface area (Å²) in [6.07, 6.45) is 4.44. The number of fused-ring (bicyclic) bond motifs is 1. The van der Waals surface area contributed by atoms with Crippen molar-refractivity contribution in [3.05, 3.63) is 59.9 Å². The number of hydrogen-bond acceptors (Lipinski definition) is 3. The van der Waals surface area contributed by atoms with Gasteiger partial charge in [-0.05, 0) is 24.1 Å². The maximum atomic E-state index is 6.13. The normalized spacial score (nSPS) is 22.3. The van der Waals surface area contributed by atoms with Crippen molar-refractivity contribution in [2.75, 3.05) is 32.8 Å². The van der Waals surface area contributed by atoms with Gasteiger partial charge in [0.2, 0.25) is 0 Å². The second kappa shape index (κ2) is 10.4. The van der Waals surface area contributed by atoms with E-state index in [2.05, 4.69) is 75.4 Å². The van der Waals surface area contributed by atoms with Crippen LogP contribution in [-0.4, -0.2) is 65.3 Å². The van der Waals surface area contributed by atoms with Crippen LogP contribution in [0.4, 0.5) is 0 Å². The van der Waals surface area contributed by atoms with Crippen LogP contribution in [0.3, 0.4) is 0 Å². The molecule has 0 bridgehead atoms. The minimum absolute atomic E-state index is 0. The van der Waals surface area contributed by atoms with E-state index in [1.165, 1.54) is 11.1 Å². The molecule has 0 aliphatic carbocycles. The molecule has 4 rings (SSSR count). The molecule has 7 heteroatoms. The number of guanidine groups is 1. The molecule has 2 aliphatic heterocycles. The predicted octanol–water partition coefficient (Wildman–Crippen LogP) is 2.69. The Bertz CT molecular complexity index is 794. The fraction of sp³-hybridized carbons (Fsp3) is 0.500. The molecular formula is C22H32IN5O. The lowest BCUT2D eigenvalue weighted by molar-refractivity contribution is -0.0502. The number of aryl methyl sites for hydroxylation is 1. The van der Waals surface area contributed by atoms with Crippen LogP contribution >= 0.6 is 24.0 Å². The van der Waals surface area contributed by atoms with Crippen molar-refractivity contribution in [3.8, 4) is 0 Å². The van der Waals surface area contributed by atoms with Crippen LogP contribution in [-0.2, 0) is 24.9 Å². The zero-order valence-electron chi connectivity index (χ0n) is 17.3. The largest absolute Gasteiger partial charge is 0.373 e. The van der Waals surface area contributed by atoms with Crippen molar-refractivity contribution in [1.82, 2.24) is 19.7 Å². The molecule has 0 radical (unpaired) electrons. The number of nitrogens with one attached hydrogen (secondary N) is 1. The van der Waals surface area contributed by atoms with Crippen molar-refractivity contribution in [2.45, 2.75) is 32.2 Å². The van der Waals surface area contributed by atoms with Gasteiger partial charge in [0.1, 0.15) is 0 Å². The number of likely N-dealkylation sites (tertiary alicyclic amines) is 1. The summed E-state index contributed by atoms with van der Waals surface area (Å²) < 4.78 is 8.19.